The van der Waals surface area contributed by atoms with Crippen molar-refractivity contribution in [1.82, 2.24) is 4.90 Å². The van der Waals surface area contributed by atoms with Crippen LogP contribution in [0.25, 0.3) is 0 Å². The highest BCUT2D eigenvalue weighted by atomic mass is 16.5. The predicted octanol–water partition coefficient (Wildman–Crippen LogP) is 2.64. The normalized spacial score (nSPS) is 12.7. The van der Waals surface area contributed by atoms with Crippen LogP contribution in [0.5, 0.6) is 5.75 Å². The van der Waals surface area contributed by atoms with Crippen LogP contribution in [-0.4, -0.2) is 31.1 Å². The van der Waals surface area contributed by atoms with Crippen LogP contribution in [0.15, 0.2) is 24.3 Å². The topological polar surface area (TPSA) is 38.5 Å². The van der Waals surface area contributed by atoms with Crippen LogP contribution >= 0.6 is 0 Å². The van der Waals surface area contributed by atoms with E-state index in [1.165, 1.54) is 12.8 Å². The van der Waals surface area contributed by atoms with Crippen LogP contribution in [0.4, 0.5) is 0 Å². The molecule has 0 amide bonds. The zero-order valence-electron chi connectivity index (χ0n) is 11.9. The molecule has 0 aromatic heterocycles. The molecule has 0 saturated heterocycles. The summed E-state index contributed by atoms with van der Waals surface area (Å²) in [6, 6.07) is 8.59. The van der Waals surface area contributed by atoms with Crippen LogP contribution < -0.4 is 10.5 Å². The predicted molar refractivity (Wildman–Crippen MR) is 76.8 cm³/mol. The van der Waals surface area contributed by atoms with E-state index in [4.69, 9.17) is 10.5 Å². The van der Waals surface area contributed by atoms with Gasteiger partial charge in [-0.1, -0.05) is 31.5 Å². The summed E-state index contributed by atoms with van der Waals surface area (Å²) in [6.45, 7) is 6.66. The van der Waals surface area contributed by atoms with Gasteiger partial charge in [-0.15, -0.1) is 0 Å². The van der Waals surface area contributed by atoms with Gasteiger partial charge in [0, 0.05) is 24.7 Å². The van der Waals surface area contributed by atoms with E-state index in [9.17, 15) is 0 Å². The van der Waals surface area contributed by atoms with E-state index < -0.39 is 0 Å². The van der Waals surface area contributed by atoms with E-state index >= 15 is 0 Å². The average molecular weight is 250 g/mol. The van der Waals surface area contributed by atoms with Gasteiger partial charge in [0.25, 0.3) is 0 Å². The molecule has 0 aliphatic carbocycles. The van der Waals surface area contributed by atoms with Gasteiger partial charge in [-0.2, -0.15) is 0 Å². The summed E-state index contributed by atoms with van der Waals surface area (Å²) < 4.78 is 5.81. The molecule has 0 saturated carbocycles. The first-order valence-corrected chi connectivity index (χ1v) is 6.80. The summed E-state index contributed by atoms with van der Waals surface area (Å²) >= 11 is 0. The van der Waals surface area contributed by atoms with Crippen molar-refractivity contribution in [3.05, 3.63) is 29.8 Å². The molecule has 1 unspecified atom stereocenters. The summed E-state index contributed by atoms with van der Waals surface area (Å²) in [5.74, 6) is 0.913. The molecule has 0 radical (unpaired) electrons. The number of likely N-dealkylation sites (N-methyl/N-ethyl adjacent to an activating group) is 1. The maximum absolute atomic E-state index is 5.81. The van der Waals surface area contributed by atoms with Crippen LogP contribution in [0.3, 0.4) is 0 Å². The molecule has 2 N–H and O–H groups in total. The molecule has 3 nitrogen and oxygen atoms in total. The number of rotatable bonds is 8. The Kier molecular flexibility index (Phi) is 6.76. The van der Waals surface area contributed by atoms with E-state index in [1.807, 2.05) is 24.3 Å². The van der Waals surface area contributed by atoms with E-state index in [2.05, 4.69) is 25.8 Å². The highest BCUT2D eigenvalue weighted by Crippen LogP contribution is 2.17. The van der Waals surface area contributed by atoms with Gasteiger partial charge < -0.3 is 15.4 Å². The first-order chi connectivity index (χ1) is 8.69. The summed E-state index contributed by atoms with van der Waals surface area (Å²) in [4.78, 5) is 2.34. The number of nitrogens with two attached hydrogens (primary N) is 1. The highest BCUT2D eigenvalue weighted by molar-refractivity contribution is 5.32. The zero-order chi connectivity index (χ0) is 13.4. The Labute approximate surface area is 111 Å². The molecule has 102 valence electrons. The Bertz CT molecular complexity index is 341. The molecule has 1 aromatic rings. The number of nitrogens with zero attached hydrogens (tertiary/aromatic N) is 1. The molecule has 0 aliphatic heterocycles. The fourth-order valence-corrected chi connectivity index (χ4v) is 1.97. The first-order valence-electron chi connectivity index (χ1n) is 6.80. The molecule has 1 rings (SSSR count). The Hall–Kier alpha value is -1.06. The molecule has 18 heavy (non-hydrogen) atoms. The zero-order valence-corrected chi connectivity index (χ0v) is 11.9. The van der Waals surface area contributed by atoms with Crippen molar-refractivity contribution in [2.24, 2.45) is 5.73 Å². The number of ether oxygens (including phenoxy) is 1. The van der Waals surface area contributed by atoms with Crippen molar-refractivity contribution in [2.75, 3.05) is 20.2 Å². The van der Waals surface area contributed by atoms with Gasteiger partial charge in [-0.25, -0.2) is 0 Å². The maximum Gasteiger partial charge on any atom is 0.123 e. The molecule has 1 aromatic carbocycles. The van der Waals surface area contributed by atoms with E-state index in [0.717, 1.165) is 17.9 Å². The van der Waals surface area contributed by atoms with E-state index in [-0.39, 0.29) is 0 Å². The number of hydrogen-bond donors (Lipinski definition) is 1. The van der Waals surface area contributed by atoms with Crippen molar-refractivity contribution in [3.8, 4) is 5.75 Å². The quantitative estimate of drug-likeness (QED) is 0.771. The van der Waals surface area contributed by atoms with Crippen LogP contribution in [-0.2, 0) is 6.54 Å². The van der Waals surface area contributed by atoms with E-state index in [1.54, 1.807) is 0 Å². The van der Waals surface area contributed by atoms with Gasteiger partial charge in [0.1, 0.15) is 12.4 Å². The number of hydrogen-bond acceptors (Lipinski definition) is 3. The summed E-state index contributed by atoms with van der Waals surface area (Å²) in [7, 11) is 2.15. The number of benzene rings is 1. The molecular formula is C15H26N2O. The lowest BCUT2D eigenvalue weighted by atomic mass is 10.2. The number of para-hydroxylation sites is 1. The Morgan fingerprint density at radius 2 is 2.06 bits per heavy atom. The fraction of sp³-hybridized carbons (Fsp3) is 0.600. The first kappa shape index (κ1) is 15.0. The molecule has 1 atom stereocenters. The van der Waals surface area contributed by atoms with Crippen molar-refractivity contribution >= 4 is 0 Å². The van der Waals surface area contributed by atoms with Crippen molar-refractivity contribution in [1.29, 1.82) is 0 Å². The van der Waals surface area contributed by atoms with Crippen molar-refractivity contribution in [2.45, 2.75) is 39.3 Å². The van der Waals surface area contributed by atoms with Gasteiger partial charge in [0.05, 0.1) is 0 Å². The minimum Gasteiger partial charge on any atom is -0.492 e. The molecule has 0 spiro atoms. The lowest BCUT2D eigenvalue weighted by molar-refractivity contribution is 0.192. The van der Waals surface area contributed by atoms with Crippen molar-refractivity contribution in [3.63, 3.8) is 0 Å². The molecule has 0 fully saturated rings. The van der Waals surface area contributed by atoms with Crippen molar-refractivity contribution < 1.29 is 4.74 Å². The standard InChI is InChI=1S/C15H26N2O/c1-4-7-13(2)17(3)10-11-18-15-9-6-5-8-14(15)12-16/h5-6,8-9,13H,4,7,10-12,16H2,1-3H3. The minimum atomic E-state index is 0.526. The molecule has 0 bridgehead atoms. The SMILES string of the molecule is CCCC(C)N(C)CCOc1ccccc1CN. The Morgan fingerprint density at radius 3 is 2.72 bits per heavy atom. The van der Waals surface area contributed by atoms with E-state index in [0.29, 0.717) is 19.2 Å². The van der Waals surface area contributed by atoms with Crippen LogP contribution in [0.2, 0.25) is 0 Å². The van der Waals surface area contributed by atoms with Crippen LogP contribution in [0, 0.1) is 0 Å². The highest BCUT2D eigenvalue weighted by Gasteiger charge is 2.08. The smallest absolute Gasteiger partial charge is 0.123 e. The third-order valence-corrected chi connectivity index (χ3v) is 3.35. The van der Waals surface area contributed by atoms with Gasteiger partial charge in [0.15, 0.2) is 0 Å². The second-order valence-electron chi connectivity index (χ2n) is 4.78. The third kappa shape index (κ3) is 4.67. The third-order valence-electron chi connectivity index (χ3n) is 3.35. The Balaban J connectivity index is 2.37. The monoisotopic (exact) mass is 250 g/mol. The van der Waals surface area contributed by atoms with Gasteiger partial charge in [-0.05, 0) is 26.5 Å². The lowest BCUT2D eigenvalue weighted by Gasteiger charge is -2.24. The molecule has 0 aliphatic rings. The largest absolute Gasteiger partial charge is 0.492 e. The maximum atomic E-state index is 5.81. The summed E-state index contributed by atoms with van der Waals surface area (Å²) in [5, 5.41) is 0. The summed E-state index contributed by atoms with van der Waals surface area (Å²) in [6.07, 6.45) is 2.46. The second kappa shape index (κ2) is 8.11. The average Bonchev–Trinajstić information content (AvgIpc) is 2.39. The summed E-state index contributed by atoms with van der Waals surface area (Å²) in [5.41, 5.74) is 6.75. The van der Waals surface area contributed by atoms with Gasteiger partial charge in [-0.3, -0.25) is 0 Å². The van der Waals surface area contributed by atoms with Gasteiger partial charge in [0.2, 0.25) is 0 Å². The van der Waals surface area contributed by atoms with Crippen LogP contribution in [0.1, 0.15) is 32.3 Å². The lowest BCUT2D eigenvalue weighted by Crippen LogP contribution is -2.32. The molecular weight excluding hydrogens is 224 g/mol. The minimum absolute atomic E-state index is 0.526. The molecule has 0 heterocycles. The Morgan fingerprint density at radius 1 is 1.33 bits per heavy atom. The molecule has 3 heteroatoms. The second-order valence-corrected chi connectivity index (χ2v) is 4.78. The fourth-order valence-electron chi connectivity index (χ4n) is 1.97. The van der Waals surface area contributed by atoms with Gasteiger partial charge >= 0.3 is 0 Å².